The maximum absolute atomic E-state index is 13.7. The highest BCUT2D eigenvalue weighted by molar-refractivity contribution is 5.28. The Morgan fingerprint density at radius 3 is 2.71 bits per heavy atom. The molecule has 1 aromatic carbocycles. The summed E-state index contributed by atoms with van der Waals surface area (Å²) < 4.78 is 20.7. The summed E-state index contributed by atoms with van der Waals surface area (Å²) in [7, 11) is 1.53. The van der Waals surface area contributed by atoms with Crippen LogP contribution in [0.5, 0.6) is 5.75 Å². The highest BCUT2D eigenvalue weighted by Crippen LogP contribution is 2.15. The summed E-state index contributed by atoms with van der Waals surface area (Å²) >= 11 is 0. The molecule has 1 heterocycles. The SMILES string of the molecule is COc1ccc(CNCCCn2nc(C)cc2C)c(F)c1. The molecule has 114 valence electrons. The first-order valence-corrected chi connectivity index (χ1v) is 7.14. The van der Waals surface area contributed by atoms with Gasteiger partial charge in [-0.25, -0.2) is 4.39 Å². The van der Waals surface area contributed by atoms with Gasteiger partial charge in [0.15, 0.2) is 0 Å². The summed E-state index contributed by atoms with van der Waals surface area (Å²) in [4.78, 5) is 0. The molecule has 0 atom stereocenters. The van der Waals surface area contributed by atoms with Crippen LogP contribution in [0.3, 0.4) is 0 Å². The first kappa shape index (κ1) is 15.5. The Hall–Kier alpha value is -1.88. The molecular weight excluding hydrogens is 269 g/mol. The van der Waals surface area contributed by atoms with E-state index in [-0.39, 0.29) is 5.82 Å². The van der Waals surface area contributed by atoms with Gasteiger partial charge in [-0.15, -0.1) is 0 Å². The van der Waals surface area contributed by atoms with Crippen LogP contribution in [0.2, 0.25) is 0 Å². The van der Waals surface area contributed by atoms with Crippen molar-refractivity contribution in [2.75, 3.05) is 13.7 Å². The first-order chi connectivity index (χ1) is 10.1. The minimum Gasteiger partial charge on any atom is -0.497 e. The Balaban J connectivity index is 1.73. The predicted octanol–water partition coefficient (Wildman–Crippen LogP) is 2.83. The Morgan fingerprint density at radius 2 is 2.10 bits per heavy atom. The zero-order chi connectivity index (χ0) is 15.2. The average Bonchev–Trinajstić information content (AvgIpc) is 2.78. The Kier molecular flexibility index (Phi) is 5.33. The molecule has 4 nitrogen and oxygen atoms in total. The van der Waals surface area contributed by atoms with Crippen molar-refractivity contribution in [3.8, 4) is 5.75 Å². The van der Waals surface area contributed by atoms with Crippen LogP contribution < -0.4 is 10.1 Å². The van der Waals surface area contributed by atoms with Crippen molar-refractivity contribution in [3.05, 3.63) is 47.0 Å². The molecule has 0 unspecified atom stereocenters. The normalized spacial score (nSPS) is 10.9. The smallest absolute Gasteiger partial charge is 0.131 e. The molecule has 2 rings (SSSR count). The lowest BCUT2D eigenvalue weighted by molar-refractivity contribution is 0.410. The topological polar surface area (TPSA) is 39.1 Å². The van der Waals surface area contributed by atoms with E-state index < -0.39 is 0 Å². The zero-order valence-electron chi connectivity index (χ0n) is 12.8. The Labute approximate surface area is 124 Å². The molecule has 1 aromatic heterocycles. The van der Waals surface area contributed by atoms with Gasteiger partial charge in [-0.1, -0.05) is 6.07 Å². The van der Waals surface area contributed by atoms with Crippen molar-refractivity contribution < 1.29 is 9.13 Å². The van der Waals surface area contributed by atoms with Crippen LogP contribution in [0.25, 0.3) is 0 Å². The molecule has 5 heteroatoms. The summed E-state index contributed by atoms with van der Waals surface area (Å²) in [5, 5.41) is 7.67. The molecule has 0 aliphatic heterocycles. The number of methoxy groups -OCH3 is 1. The summed E-state index contributed by atoms with van der Waals surface area (Å²) in [6.07, 6.45) is 0.958. The molecule has 0 aliphatic carbocycles. The molecule has 0 spiro atoms. The van der Waals surface area contributed by atoms with Gasteiger partial charge in [0.05, 0.1) is 12.8 Å². The van der Waals surface area contributed by atoms with E-state index >= 15 is 0 Å². The maximum atomic E-state index is 13.7. The number of benzene rings is 1. The summed E-state index contributed by atoms with van der Waals surface area (Å²) in [6.45, 7) is 6.27. The molecule has 0 bridgehead atoms. The van der Waals surface area contributed by atoms with E-state index in [1.165, 1.54) is 18.9 Å². The fourth-order valence-electron chi connectivity index (χ4n) is 2.28. The fourth-order valence-corrected chi connectivity index (χ4v) is 2.28. The van der Waals surface area contributed by atoms with E-state index in [0.29, 0.717) is 17.9 Å². The molecule has 0 aliphatic rings. The van der Waals surface area contributed by atoms with Crippen LogP contribution in [0.1, 0.15) is 23.4 Å². The molecule has 0 fully saturated rings. The van der Waals surface area contributed by atoms with Gasteiger partial charge >= 0.3 is 0 Å². The number of hydrogen-bond acceptors (Lipinski definition) is 3. The van der Waals surface area contributed by atoms with Gasteiger partial charge in [0.25, 0.3) is 0 Å². The largest absolute Gasteiger partial charge is 0.497 e. The number of halogens is 1. The van der Waals surface area contributed by atoms with Gasteiger partial charge in [0.1, 0.15) is 11.6 Å². The van der Waals surface area contributed by atoms with Crippen molar-refractivity contribution in [2.45, 2.75) is 33.4 Å². The van der Waals surface area contributed by atoms with Crippen LogP contribution in [0.15, 0.2) is 24.3 Å². The number of rotatable bonds is 7. The van der Waals surface area contributed by atoms with Crippen LogP contribution in [-0.2, 0) is 13.1 Å². The third kappa shape index (κ3) is 4.29. The van der Waals surface area contributed by atoms with Gasteiger partial charge in [-0.3, -0.25) is 4.68 Å². The minimum atomic E-state index is -0.236. The van der Waals surface area contributed by atoms with E-state index in [0.717, 1.165) is 25.2 Å². The van der Waals surface area contributed by atoms with E-state index in [2.05, 4.69) is 23.4 Å². The van der Waals surface area contributed by atoms with Crippen molar-refractivity contribution in [2.24, 2.45) is 0 Å². The lowest BCUT2D eigenvalue weighted by atomic mass is 10.2. The van der Waals surface area contributed by atoms with Crippen molar-refractivity contribution in [1.82, 2.24) is 15.1 Å². The molecule has 1 N–H and O–H groups in total. The van der Waals surface area contributed by atoms with Crippen LogP contribution in [-0.4, -0.2) is 23.4 Å². The van der Waals surface area contributed by atoms with E-state index in [1.54, 1.807) is 12.1 Å². The van der Waals surface area contributed by atoms with E-state index in [9.17, 15) is 4.39 Å². The quantitative estimate of drug-likeness (QED) is 0.797. The molecule has 0 saturated heterocycles. The van der Waals surface area contributed by atoms with E-state index in [4.69, 9.17) is 4.74 Å². The lowest BCUT2D eigenvalue weighted by Crippen LogP contribution is -2.18. The van der Waals surface area contributed by atoms with Crippen molar-refractivity contribution in [1.29, 1.82) is 0 Å². The second kappa shape index (κ2) is 7.22. The maximum Gasteiger partial charge on any atom is 0.131 e. The van der Waals surface area contributed by atoms with Gasteiger partial charge < -0.3 is 10.1 Å². The average molecular weight is 291 g/mol. The summed E-state index contributed by atoms with van der Waals surface area (Å²) in [6, 6.07) is 7.01. The van der Waals surface area contributed by atoms with Gasteiger partial charge in [0, 0.05) is 30.4 Å². The molecule has 0 amide bonds. The van der Waals surface area contributed by atoms with E-state index in [1.807, 2.05) is 11.6 Å². The monoisotopic (exact) mass is 291 g/mol. The molecular formula is C16H22FN3O. The second-order valence-electron chi connectivity index (χ2n) is 5.14. The standard InChI is InChI=1S/C16H22FN3O/c1-12-9-13(2)20(19-12)8-4-7-18-11-14-5-6-15(21-3)10-16(14)17/h5-6,9-10,18H,4,7-8,11H2,1-3H3. The number of nitrogens with zero attached hydrogens (tertiary/aromatic N) is 2. The van der Waals surface area contributed by atoms with Crippen LogP contribution >= 0.6 is 0 Å². The molecule has 0 radical (unpaired) electrons. The van der Waals surface area contributed by atoms with Crippen molar-refractivity contribution in [3.63, 3.8) is 0 Å². The molecule has 0 saturated carbocycles. The molecule has 21 heavy (non-hydrogen) atoms. The third-order valence-corrected chi connectivity index (χ3v) is 3.40. The lowest BCUT2D eigenvalue weighted by Gasteiger charge is -2.08. The number of hydrogen-bond donors (Lipinski definition) is 1. The highest BCUT2D eigenvalue weighted by atomic mass is 19.1. The van der Waals surface area contributed by atoms with Gasteiger partial charge in [0.2, 0.25) is 0 Å². The second-order valence-corrected chi connectivity index (χ2v) is 5.14. The van der Waals surface area contributed by atoms with Gasteiger partial charge in [-0.05, 0) is 38.9 Å². The third-order valence-electron chi connectivity index (χ3n) is 3.40. The van der Waals surface area contributed by atoms with Crippen LogP contribution in [0.4, 0.5) is 4.39 Å². The number of aromatic nitrogens is 2. The Morgan fingerprint density at radius 1 is 1.29 bits per heavy atom. The summed E-state index contributed by atoms with van der Waals surface area (Å²) in [5.41, 5.74) is 2.87. The number of aryl methyl sites for hydroxylation is 3. The summed E-state index contributed by atoms with van der Waals surface area (Å²) in [5.74, 6) is 0.307. The molecule has 2 aromatic rings. The van der Waals surface area contributed by atoms with Crippen LogP contribution in [0, 0.1) is 19.7 Å². The Bertz CT molecular complexity index is 595. The predicted molar refractivity (Wildman–Crippen MR) is 81.0 cm³/mol. The zero-order valence-corrected chi connectivity index (χ0v) is 12.8. The number of ether oxygens (including phenoxy) is 1. The fraction of sp³-hybridized carbons (Fsp3) is 0.438. The van der Waals surface area contributed by atoms with Gasteiger partial charge in [-0.2, -0.15) is 5.10 Å². The number of nitrogens with one attached hydrogen (secondary N) is 1. The van der Waals surface area contributed by atoms with Crippen molar-refractivity contribution >= 4 is 0 Å². The first-order valence-electron chi connectivity index (χ1n) is 7.14. The highest BCUT2D eigenvalue weighted by Gasteiger charge is 2.04. The minimum absolute atomic E-state index is 0.236.